The van der Waals surface area contributed by atoms with Crippen LogP contribution in [-0.4, -0.2) is 0 Å². The van der Waals surface area contributed by atoms with Crippen LogP contribution in [0.1, 0.15) is 16.7 Å². The minimum absolute atomic E-state index is 0.0121. The highest BCUT2D eigenvalue weighted by Gasteiger charge is 2.04. The molecule has 0 amide bonds. The molecule has 0 bridgehead atoms. The van der Waals surface area contributed by atoms with Crippen molar-refractivity contribution in [2.24, 2.45) is 0 Å². The highest BCUT2D eigenvalue weighted by atomic mass is 35.5. The van der Waals surface area contributed by atoms with Gasteiger partial charge >= 0.3 is 0 Å². The Morgan fingerprint density at radius 1 is 1.05 bits per heavy atom. The van der Waals surface area contributed by atoms with Crippen molar-refractivity contribution in [3.05, 3.63) is 63.9 Å². The second-order valence-corrected chi connectivity index (χ2v) is 4.49. The molecule has 2 aromatic carbocycles. The maximum absolute atomic E-state index is 13.2. The van der Waals surface area contributed by atoms with Gasteiger partial charge in [0.15, 0.2) is 0 Å². The molecule has 0 fully saturated rings. The molecule has 98 valence electrons. The van der Waals surface area contributed by atoms with E-state index in [1.807, 2.05) is 6.07 Å². The Kier molecular flexibility index (Phi) is 4.20. The maximum Gasteiger partial charge on any atom is 0.140 e. The van der Waals surface area contributed by atoms with E-state index in [0.717, 1.165) is 11.3 Å². The summed E-state index contributed by atoms with van der Waals surface area (Å²) < 4.78 is 13.2. The number of nitrogens with zero attached hydrogens (tertiary/aromatic N) is 2. The van der Waals surface area contributed by atoms with Crippen LogP contribution in [0, 0.1) is 28.5 Å². The lowest BCUT2D eigenvalue weighted by Gasteiger charge is -2.08. The number of hydrogen-bond acceptors (Lipinski definition) is 3. The monoisotopic (exact) mass is 285 g/mol. The molecule has 20 heavy (non-hydrogen) atoms. The average molecular weight is 286 g/mol. The lowest BCUT2D eigenvalue weighted by molar-refractivity contribution is 0.623. The smallest absolute Gasteiger partial charge is 0.140 e. The summed E-state index contributed by atoms with van der Waals surface area (Å²) in [5.41, 5.74) is 1.90. The highest BCUT2D eigenvalue weighted by molar-refractivity contribution is 6.31. The number of halogens is 2. The van der Waals surface area contributed by atoms with Crippen LogP contribution >= 0.6 is 11.6 Å². The summed E-state index contributed by atoms with van der Waals surface area (Å²) in [4.78, 5) is 0. The standard InChI is InChI=1S/C15H9ClFN3/c16-14-3-2-13(6-11(14)7-18)20-9-10-1-4-15(17)12(5-10)8-19/h1-6,20H,9H2. The van der Waals surface area contributed by atoms with Gasteiger partial charge in [-0.25, -0.2) is 4.39 Å². The molecule has 0 heterocycles. The van der Waals surface area contributed by atoms with E-state index >= 15 is 0 Å². The van der Waals surface area contributed by atoms with Gasteiger partial charge in [-0.3, -0.25) is 0 Å². The largest absolute Gasteiger partial charge is 0.381 e. The number of rotatable bonds is 3. The molecular weight excluding hydrogens is 277 g/mol. The first kappa shape index (κ1) is 13.9. The molecule has 0 radical (unpaired) electrons. The SMILES string of the molecule is N#Cc1cc(CNc2ccc(Cl)c(C#N)c2)ccc1F. The van der Waals surface area contributed by atoms with Gasteiger partial charge in [-0.1, -0.05) is 17.7 Å². The molecule has 0 saturated carbocycles. The molecule has 0 unspecified atom stereocenters. The van der Waals surface area contributed by atoms with Crippen molar-refractivity contribution in [1.82, 2.24) is 0 Å². The van der Waals surface area contributed by atoms with E-state index in [9.17, 15) is 4.39 Å². The van der Waals surface area contributed by atoms with E-state index in [4.69, 9.17) is 22.1 Å². The fraction of sp³-hybridized carbons (Fsp3) is 0.0667. The molecule has 0 atom stereocenters. The van der Waals surface area contributed by atoms with Gasteiger partial charge in [0.05, 0.1) is 16.1 Å². The molecule has 0 aliphatic heterocycles. The van der Waals surface area contributed by atoms with E-state index in [-0.39, 0.29) is 5.56 Å². The zero-order chi connectivity index (χ0) is 14.5. The Hall–Kier alpha value is -2.56. The topological polar surface area (TPSA) is 59.6 Å². The molecule has 0 aliphatic carbocycles. The molecule has 0 saturated heterocycles. The Bertz CT molecular complexity index is 665. The number of nitrogens with one attached hydrogen (secondary N) is 1. The summed E-state index contributed by atoms with van der Waals surface area (Å²) in [7, 11) is 0. The summed E-state index contributed by atoms with van der Waals surface area (Å²) >= 11 is 5.84. The van der Waals surface area contributed by atoms with Gasteiger partial charge in [-0.15, -0.1) is 0 Å². The van der Waals surface area contributed by atoms with E-state index in [2.05, 4.69) is 5.32 Å². The zero-order valence-electron chi connectivity index (χ0n) is 10.3. The van der Waals surface area contributed by atoms with Gasteiger partial charge in [-0.05, 0) is 35.9 Å². The first-order valence-electron chi connectivity index (χ1n) is 5.76. The van der Waals surface area contributed by atoms with Gasteiger partial charge in [-0.2, -0.15) is 10.5 Å². The van der Waals surface area contributed by atoms with Crippen molar-refractivity contribution in [2.45, 2.75) is 6.54 Å². The maximum atomic E-state index is 13.2. The van der Waals surface area contributed by atoms with E-state index in [1.165, 1.54) is 12.1 Å². The number of hydrogen-bond donors (Lipinski definition) is 1. The number of benzene rings is 2. The van der Waals surface area contributed by atoms with Gasteiger partial charge in [0.2, 0.25) is 0 Å². The Balaban J connectivity index is 2.13. The first-order valence-corrected chi connectivity index (χ1v) is 6.14. The van der Waals surface area contributed by atoms with Gasteiger partial charge in [0, 0.05) is 12.2 Å². The summed E-state index contributed by atoms with van der Waals surface area (Å²) in [6, 6.07) is 13.2. The van der Waals surface area contributed by atoms with Crippen LogP contribution in [0.15, 0.2) is 36.4 Å². The summed E-state index contributed by atoms with van der Waals surface area (Å²) in [6.07, 6.45) is 0. The summed E-state index contributed by atoms with van der Waals surface area (Å²) in [6.45, 7) is 0.418. The van der Waals surface area contributed by atoms with Crippen molar-refractivity contribution in [3.63, 3.8) is 0 Å². The minimum Gasteiger partial charge on any atom is -0.381 e. The van der Waals surface area contributed by atoms with Crippen LogP contribution in [0.25, 0.3) is 0 Å². The summed E-state index contributed by atoms with van der Waals surface area (Å²) in [5, 5.41) is 21.1. The van der Waals surface area contributed by atoms with Crippen molar-refractivity contribution in [1.29, 1.82) is 10.5 Å². The third-order valence-electron chi connectivity index (χ3n) is 2.73. The van der Waals surface area contributed by atoms with E-state index in [1.54, 1.807) is 30.3 Å². The molecule has 3 nitrogen and oxygen atoms in total. The van der Waals surface area contributed by atoms with E-state index in [0.29, 0.717) is 17.1 Å². The molecule has 2 rings (SSSR count). The molecule has 0 aromatic heterocycles. The van der Waals surface area contributed by atoms with Crippen LogP contribution in [0.5, 0.6) is 0 Å². The number of nitriles is 2. The number of anilines is 1. The lowest BCUT2D eigenvalue weighted by Crippen LogP contribution is -2.00. The fourth-order valence-electron chi connectivity index (χ4n) is 1.69. The van der Waals surface area contributed by atoms with Crippen molar-refractivity contribution < 1.29 is 4.39 Å². The molecule has 0 spiro atoms. The van der Waals surface area contributed by atoms with Crippen molar-refractivity contribution in [3.8, 4) is 12.1 Å². The van der Waals surface area contributed by atoms with Crippen molar-refractivity contribution in [2.75, 3.05) is 5.32 Å². The Morgan fingerprint density at radius 2 is 1.80 bits per heavy atom. The lowest BCUT2D eigenvalue weighted by atomic mass is 10.1. The quantitative estimate of drug-likeness (QED) is 0.932. The minimum atomic E-state index is -0.533. The van der Waals surface area contributed by atoms with Crippen LogP contribution in [0.3, 0.4) is 0 Å². The Morgan fingerprint density at radius 3 is 2.50 bits per heavy atom. The van der Waals surface area contributed by atoms with Crippen LogP contribution in [0.4, 0.5) is 10.1 Å². The van der Waals surface area contributed by atoms with Gasteiger partial charge < -0.3 is 5.32 Å². The highest BCUT2D eigenvalue weighted by Crippen LogP contribution is 2.20. The second-order valence-electron chi connectivity index (χ2n) is 4.09. The zero-order valence-corrected chi connectivity index (χ0v) is 11.1. The molecule has 5 heteroatoms. The predicted molar refractivity (Wildman–Crippen MR) is 74.6 cm³/mol. The van der Waals surface area contributed by atoms with E-state index < -0.39 is 5.82 Å². The molecular formula is C15H9ClFN3. The first-order chi connectivity index (χ1) is 9.63. The van der Waals surface area contributed by atoms with Crippen LogP contribution in [-0.2, 0) is 6.54 Å². The third-order valence-corrected chi connectivity index (χ3v) is 3.06. The normalized spacial score (nSPS) is 9.60. The Labute approximate surface area is 120 Å². The third kappa shape index (κ3) is 3.06. The van der Waals surface area contributed by atoms with Crippen molar-refractivity contribution >= 4 is 17.3 Å². The van der Waals surface area contributed by atoms with Gasteiger partial charge in [0.25, 0.3) is 0 Å². The molecule has 1 N–H and O–H groups in total. The molecule has 0 aliphatic rings. The fourth-order valence-corrected chi connectivity index (χ4v) is 1.85. The average Bonchev–Trinajstić information content (AvgIpc) is 2.47. The summed E-state index contributed by atoms with van der Waals surface area (Å²) in [5.74, 6) is -0.533. The van der Waals surface area contributed by atoms with Gasteiger partial charge in [0.1, 0.15) is 18.0 Å². The predicted octanol–water partition coefficient (Wildman–Crippen LogP) is 3.83. The van der Waals surface area contributed by atoms with Crippen LogP contribution < -0.4 is 5.32 Å². The van der Waals surface area contributed by atoms with Crippen LogP contribution in [0.2, 0.25) is 5.02 Å². The second kappa shape index (κ2) is 6.06. The molecule has 2 aromatic rings.